The summed E-state index contributed by atoms with van der Waals surface area (Å²) in [6.45, 7) is 0. The van der Waals surface area contributed by atoms with Crippen LogP contribution in [0.15, 0.2) is 48.8 Å². The molecule has 1 aromatic carbocycles. The summed E-state index contributed by atoms with van der Waals surface area (Å²) in [7, 11) is 3.95. The van der Waals surface area contributed by atoms with Crippen molar-refractivity contribution in [1.29, 1.82) is 0 Å². The first-order valence-electron chi connectivity index (χ1n) is 9.17. The lowest BCUT2D eigenvalue weighted by Gasteiger charge is -2.19. The first-order valence-corrected chi connectivity index (χ1v) is 9.17. The third-order valence-electron chi connectivity index (χ3n) is 4.44. The van der Waals surface area contributed by atoms with E-state index in [9.17, 15) is 9.59 Å². The maximum absolute atomic E-state index is 12.9. The smallest absolute Gasteiger partial charge is 0.303 e. The molecule has 0 saturated carbocycles. The van der Waals surface area contributed by atoms with Gasteiger partial charge in [-0.05, 0) is 42.7 Å². The normalized spacial score (nSPS) is 11.6. The van der Waals surface area contributed by atoms with Gasteiger partial charge in [0.05, 0.1) is 17.8 Å². The van der Waals surface area contributed by atoms with Crippen LogP contribution in [0.1, 0.15) is 43.6 Å². The Morgan fingerprint density at radius 1 is 1.11 bits per heavy atom. The fourth-order valence-corrected chi connectivity index (χ4v) is 2.92. The molecule has 2 rings (SSSR count). The van der Waals surface area contributed by atoms with Crippen molar-refractivity contribution in [3.05, 3.63) is 54.4 Å². The lowest BCUT2D eigenvalue weighted by atomic mass is 9.91. The van der Waals surface area contributed by atoms with Crippen molar-refractivity contribution in [2.75, 3.05) is 24.3 Å². The number of nitrogens with one attached hydrogen (secondary N) is 1. The molecule has 1 heterocycles. The fourth-order valence-electron chi connectivity index (χ4n) is 2.92. The standard InChI is InChI=1S/C21H27N3O3/c1-24(2)18-12-10-16(11-13-18)19(8-4-3-5-9-20(25)26)21(27)23-17-7-6-14-22-15-17/h6-7,10-15,19H,3-5,8-9H2,1-2H3,(H,23,27)(H,25,26)/t19-/m0/s1. The van der Waals surface area contributed by atoms with E-state index in [4.69, 9.17) is 5.11 Å². The number of pyridine rings is 1. The monoisotopic (exact) mass is 369 g/mol. The van der Waals surface area contributed by atoms with Crippen LogP contribution in [0.25, 0.3) is 0 Å². The SMILES string of the molecule is CN(C)c1ccc([C@H](CCCCCC(=O)O)C(=O)Nc2cccnc2)cc1. The van der Waals surface area contributed by atoms with Gasteiger partial charge in [0.25, 0.3) is 0 Å². The molecule has 2 N–H and O–H groups in total. The van der Waals surface area contributed by atoms with E-state index >= 15 is 0 Å². The first kappa shape index (κ1) is 20.4. The third kappa shape index (κ3) is 6.73. The van der Waals surface area contributed by atoms with E-state index in [0.717, 1.165) is 24.1 Å². The summed E-state index contributed by atoms with van der Waals surface area (Å²) in [6, 6.07) is 11.6. The number of carboxylic acids is 1. The summed E-state index contributed by atoms with van der Waals surface area (Å²) in [5, 5.41) is 11.7. The summed E-state index contributed by atoms with van der Waals surface area (Å²) < 4.78 is 0. The van der Waals surface area contributed by atoms with Gasteiger partial charge in [0.1, 0.15) is 0 Å². The van der Waals surface area contributed by atoms with Crippen molar-refractivity contribution < 1.29 is 14.7 Å². The van der Waals surface area contributed by atoms with Gasteiger partial charge in [-0.15, -0.1) is 0 Å². The van der Waals surface area contributed by atoms with Gasteiger partial charge in [0.15, 0.2) is 0 Å². The number of aromatic nitrogens is 1. The highest BCUT2D eigenvalue weighted by Gasteiger charge is 2.20. The fraction of sp³-hybridized carbons (Fsp3) is 0.381. The summed E-state index contributed by atoms with van der Waals surface area (Å²) in [4.78, 5) is 29.5. The quantitative estimate of drug-likeness (QED) is 0.621. The van der Waals surface area contributed by atoms with Gasteiger partial charge in [0.2, 0.25) is 5.91 Å². The number of carbonyl (C=O) groups is 2. The minimum Gasteiger partial charge on any atom is -0.481 e. The molecule has 6 heteroatoms. The Bertz CT molecular complexity index is 730. The van der Waals surface area contributed by atoms with Crippen LogP contribution in [0.3, 0.4) is 0 Å². The summed E-state index contributed by atoms with van der Waals surface area (Å²) in [5.74, 6) is -1.13. The molecule has 1 atom stereocenters. The number of unbranched alkanes of at least 4 members (excludes halogenated alkanes) is 2. The van der Waals surface area contributed by atoms with Gasteiger partial charge in [-0.2, -0.15) is 0 Å². The number of rotatable bonds is 10. The molecule has 6 nitrogen and oxygen atoms in total. The lowest BCUT2D eigenvalue weighted by Crippen LogP contribution is -2.21. The maximum Gasteiger partial charge on any atom is 0.303 e. The Labute approximate surface area is 160 Å². The largest absolute Gasteiger partial charge is 0.481 e. The molecule has 0 spiro atoms. The van der Waals surface area contributed by atoms with Gasteiger partial charge in [-0.1, -0.05) is 25.0 Å². The number of hydrogen-bond donors (Lipinski definition) is 2. The van der Waals surface area contributed by atoms with Crippen molar-refractivity contribution in [3.63, 3.8) is 0 Å². The van der Waals surface area contributed by atoms with Crippen LogP contribution in [0.2, 0.25) is 0 Å². The molecule has 0 saturated heterocycles. The van der Waals surface area contributed by atoms with Crippen molar-refractivity contribution in [2.24, 2.45) is 0 Å². The Morgan fingerprint density at radius 2 is 1.85 bits per heavy atom. The Morgan fingerprint density at radius 3 is 2.44 bits per heavy atom. The van der Waals surface area contributed by atoms with E-state index < -0.39 is 5.97 Å². The molecule has 0 radical (unpaired) electrons. The predicted molar refractivity (Wildman–Crippen MR) is 107 cm³/mol. The summed E-state index contributed by atoms with van der Waals surface area (Å²) in [6.07, 6.45) is 6.35. The first-order chi connectivity index (χ1) is 13.0. The van der Waals surface area contributed by atoms with Gasteiger partial charge < -0.3 is 15.3 Å². The van der Waals surface area contributed by atoms with Crippen molar-refractivity contribution >= 4 is 23.3 Å². The summed E-state index contributed by atoms with van der Waals surface area (Å²) >= 11 is 0. The van der Waals surface area contributed by atoms with E-state index in [2.05, 4.69) is 10.3 Å². The van der Waals surface area contributed by atoms with Crippen molar-refractivity contribution in [2.45, 2.75) is 38.0 Å². The van der Waals surface area contributed by atoms with Gasteiger partial charge in [-0.3, -0.25) is 14.6 Å². The number of hydrogen-bond acceptors (Lipinski definition) is 4. The number of nitrogens with zero attached hydrogens (tertiary/aromatic N) is 2. The van der Waals surface area contributed by atoms with Crippen LogP contribution < -0.4 is 10.2 Å². The van der Waals surface area contributed by atoms with Crippen LogP contribution in [0.5, 0.6) is 0 Å². The van der Waals surface area contributed by atoms with E-state index in [1.807, 2.05) is 49.3 Å². The van der Waals surface area contributed by atoms with Crippen LogP contribution >= 0.6 is 0 Å². The highest BCUT2D eigenvalue weighted by atomic mass is 16.4. The highest BCUT2D eigenvalue weighted by Crippen LogP contribution is 2.26. The number of carboxylic acid groups (broad SMARTS) is 1. The second-order valence-corrected chi connectivity index (χ2v) is 6.76. The molecule has 144 valence electrons. The van der Waals surface area contributed by atoms with Gasteiger partial charge in [-0.25, -0.2) is 0 Å². The molecule has 0 aliphatic rings. The molecule has 0 aliphatic carbocycles. The molecule has 0 fully saturated rings. The maximum atomic E-state index is 12.9. The molecule has 0 bridgehead atoms. The minimum absolute atomic E-state index is 0.0705. The number of carbonyl (C=O) groups excluding carboxylic acids is 1. The molecule has 2 aromatic rings. The Balaban J connectivity index is 2.07. The van der Waals surface area contributed by atoms with E-state index in [1.54, 1.807) is 18.5 Å². The van der Waals surface area contributed by atoms with E-state index in [0.29, 0.717) is 18.5 Å². The topological polar surface area (TPSA) is 82.5 Å². The lowest BCUT2D eigenvalue weighted by molar-refractivity contribution is -0.137. The zero-order chi connectivity index (χ0) is 19.6. The number of anilines is 2. The zero-order valence-electron chi connectivity index (χ0n) is 15.9. The molecule has 0 unspecified atom stereocenters. The molecular formula is C21H27N3O3. The van der Waals surface area contributed by atoms with Gasteiger partial charge in [0, 0.05) is 32.4 Å². The number of benzene rings is 1. The van der Waals surface area contributed by atoms with Crippen LogP contribution in [-0.4, -0.2) is 36.1 Å². The second-order valence-electron chi connectivity index (χ2n) is 6.76. The van der Waals surface area contributed by atoms with Crippen molar-refractivity contribution in [3.8, 4) is 0 Å². The van der Waals surface area contributed by atoms with Crippen LogP contribution in [0.4, 0.5) is 11.4 Å². The van der Waals surface area contributed by atoms with E-state index in [-0.39, 0.29) is 18.2 Å². The van der Waals surface area contributed by atoms with E-state index in [1.165, 1.54) is 0 Å². The predicted octanol–water partition coefficient (Wildman–Crippen LogP) is 3.91. The zero-order valence-corrected chi connectivity index (χ0v) is 15.9. The highest BCUT2D eigenvalue weighted by molar-refractivity contribution is 5.95. The average molecular weight is 369 g/mol. The molecule has 1 aromatic heterocycles. The number of aliphatic carboxylic acids is 1. The third-order valence-corrected chi connectivity index (χ3v) is 4.44. The van der Waals surface area contributed by atoms with Crippen LogP contribution in [0, 0.1) is 0 Å². The molecule has 27 heavy (non-hydrogen) atoms. The van der Waals surface area contributed by atoms with Crippen molar-refractivity contribution in [1.82, 2.24) is 4.98 Å². The Hall–Kier alpha value is -2.89. The molecular weight excluding hydrogens is 342 g/mol. The molecule has 1 amide bonds. The van der Waals surface area contributed by atoms with Crippen LogP contribution in [-0.2, 0) is 9.59 Å². The second kappa shape index (κ2) is 10.3. The average Bonchev–Trinajstić information content (AvgIpc) is 2.65. The minimum atomic E-state index is -0.778. The molecule has 0 aliphatic heterocycles. The summed E-state index contributed by atoms with van der Waals surface area (Å²) in [5.41, 5.74) is 2.70. The number of amides is 1. The Kier molecular flexibility index (Phi) is 7.79. The van der Waals surface area contributed by atoms with Gasteiger partial charge >= 0.3 is 5.97 Å².